The molecule has 0 atom stereocenters. The molecule has 1 heterocycles. The van der Waals surface area contributed by atoms with Crippen LogP contribution in [-0.4, -0.2) is 10.1 Å². The van der Waals surface area contributed by atoms with Crippen molar-refractivity contribution >= 4 is 23.8 Å². The second-order valence-corrected chi connectivity index (χ2v) is 7.63. The number of aromatic amines is 1. The number of aromatic nitrogens is 1. The van der Waals surface area contributed by atoms with Gasteiger partial charge >= 0.3 is 0 Å². The maximum Gasteiger partial charge on any atom is 0.132 e. The summed E-state index contributed by atoms with van der Waals surface area (Å²) >= 11 is 0. The first-order valence-corrected chi connectivity index (χ1v) is 9.46. The number of hydrogen-bond acceptors (Lipinski definition) is 1. The van der Waals surface area contributed by atoms with Gasteiger partial charge in [-0.2, -0.15) is 0 Å². The average molecular weight is 345 g/mol. The van der Waals surface area contributed by atoms with Gasteiger partial charge < -0.3 is 10.1 Å². The maximum atomic E-state index is 8.44. The zero-order chi connectivity index (χ0) is 17.3. The van der Waals surface area contributed by atoms with E-state index in [0.717, 1.165) is 0 Å². The molecule has 0 fully saturated rings. The van der Waals surface area contributed by atoms with E-state index in [9.17, 15) is 0 Å². The minimum absolute atomic E-state index is 0.287. The first-order valence-electron chi connectivity index (χ1n) is 8.11. The smallest absolute Gasteiger partial charge is 0.132 e. The Morgan fingerprint density at radius 2 is 0.960 bits per heavy atom. The Labute approximate surface area is 149 Å². The summed E-state index contributed by atoms with van der Waals surface area (Å²) in [5.74, 6) is 0.287. The van der Waals surface area contributed by atoms with E-state index in [-0.39, 0.29) is 5.75 Å². The van der Waals surface area contributed by atoms with Crippen LogP contribution in [0.25, 0.3) is 0 Å². The second kappa shape index (κ2) is 8.86. The topological polar surface area (TPSA) is 36.0 Å². The lowest BCUT2D eigenvalue weighted by Crippen LogP contribution is -2.20. The van der Waals surface area contributed by atoms with Crippen LogP contribution in [0.1, 0.15) is 0 Å². The molecule has 0 aliphatic carbocycles. The molecule has 0 unspecified atom stereocenters. The van der Waals surface area contributed by atoms with Crippen LogP contribution in [0.4, 0.5) is 0 Å². The number of H-pyrrole nitrogens is 1. The van der Waals surface area contributed by atoms with Crippen LogP contribution in [-0.2, 0) is 0 Å². The number of nitrogens with one attached hydrogen (secondary N) is 1. The highest BCUT2D eigenvalue weighted by atomic mass is 31.1. The van der Waals surface area contributed by atoms with Gasteiger partial charge in [0.2, 0.25) is 0 Å². The fourth-order valence-electron chi connectivity index (χ4n) is 2.49. The van der Waals surface area contributed by atoms with Crippen LogP contribution in [0, 0.1) is 0 Å². The highest BCUT2D eigenvalue weighted by Crippen LogP contribution is 2.32. The Bertz CT molecular complexity index is 753. The molecule has 3 aromatic carbocycles. The van der Waals surface area contributed by atoms with Crippen molar-refractivity contribution in [3.8, 4) is 5.75 Å². The first kappa shape index (κ1) is 17.0. The third-order valence-corrected chi connectivity index (χ3v) is 6.07. The second-order valence-electron chi connectivity index (χ2n) is 5.41. The van der Waals surface area contributed by atoms with E-state index in [1.165, 1.54) is 22.1 Å². The Kier molecular flexibility index (Phi) is 6.03. The van der Waals surface area contributed by atoms with E-state index in [1.807, 2.05) is 0 Å². The molecular weight excluding hydrogens is 325 g/mol. The molecule has 0 saturated carbocycles. The van der Waals surface area contributed by atoms with E-state index in [1.54, 1.807) is 12.3 Å². The molecule has 4 aromatic rings. The summed E-state index contributed by atoms with van der Waals surface area (Å²) in [6.07, 6.45) is 3.18. The van der Waals surface area contributed by atoms with Crippen molar-refractivity contribution in [1.82, 2.24) is 4.98 Å². The van der Waals surface area contributed by atoms with E-state index < -0.39 is 7.92 Å². The lowest BCUT2D eigenvalue weighted by molar-refractivity contribution is 0.476. The van der Waals surface area contributed by atoms with Crippen molar-refractivity contribution in [3.05, 3.63) is 109 Å². The molecule has 0 spiro atoms. The minimum Gasteiger partial charge on any atom is -0.506 e. The fourth-order valence-corrected chi connectivity index (χ4v) is 4.80. The zero-order valence-electron chi connectivity index (χ0n) is 13.8. The molecule has 2 N–H and O–H groups in total. The monoisotopic (exact) mass is 345 g/mol. The molecule has 4 rings (SSSR count). The highest BCUT2D eigenvalue weighted by molar-refractivity contribution is 7.79. The number of aromatic hydroxyl groups is 1. The van der Waals surface area contributed by atoms with Crippen molar-refractivity contribution in [2.75, 3.05) is 0 Å². The van der Waals surface area contributed by atoms with Gasteiger partial charge in [0.25, 0.3) is 0 Å². The normalized spacial score (nSPS) is 10.1. The van der Waals surface area contributed by atoms with Gasteiger partial charge in [0.05, 0.1) is 0 Å². The molecular formula is C22H20NOP. The number of hydrogen-bond donors (Lipinski definition) is 2. The van der Waals surface area contributed by atoms with Crippen molar-refractivity contribution in [3.63, 3.8) is 0 Å². The quantitative estimate of drug-likeness (QED) is 0.537. The van der Waals surface area contributed by atoms with E-state index in [0.29, 0.717) is 0 Å². The predicted octanol–water partition coefficient (Wildman–Crippen LogP) is 4.17. The molecule has 1 aromatic heterocycles. The average Bonchev–Trinajstić information content (AvgIpc) is 3.16. The van der Waals surface area contributed by atoms with Gasteiger partial charge in [0, 0.05) is 12.4 Å². The summed E-state index contributed by atoms with van der Waals surface area (Å²) in [4.78, 5) is 2.68. The van der Waals surface area contributed by atoms with Crippen LogP contribution in [0.3, 0.4) is 0 Å². The molecule has 25 heavy (non-hydrogen) atoms. The van der Waals surface area contributed by atoms with Crippen LogP contribution in [0.5, 0.6) is 5.75 Å². The third kappa shape index (κ3) is 4.82. The van der Waals surface area contributed by atoms with Crippen molar-refractivity contribution in [1.29, 1.82) is 0 Å². The number of benzene rings is 3. The van der Waals surface area contributed by atoms with Gasteiger partial charge in [-0.25, -0.2) is 0 Å². The van der Waals surface area contributed by atoms with Crippen LogP contribution >= 0.6 is 7.92 Å². The molecule has 0 saturated heterocycles. The summed E-state index contributed by atoms with van der Waals surface area (Å²) in [6.45, 7) is 0. The van der Waals surface area contributed by atoms with Crippen molar-refractivity contribution in [2.24, 2.45) is 0 Å². The van der Waals surface area contributed by atoms with Crippen LogP contribution in [0.15, 0.2) is 109 Å². The third-order valence-electron chi connectivity index (χ3n) is 3.62. The van der Waals surface area contributed by atoms with Gasteiger partial charge in [0.1, 0.15) is 5.75 Å². The lowest BCUT2D eigenvalue weighted by Gasteiger charge is -2.18. The molecule has 0 aliphatic heterocycles. The predicted molar refractivity (Wildman–Crippen MR) is 108 cm³/mol. The van der Waals surface area contributed by atoms with E-state index in [2.05, 4.69) is 96.0 Å². The Morgan fingerprint density at radius 3 is 1.20 bits per heavy atom. The van der Waals surface area contributed by atoms with Crippen molar-refractivity contribution < 1.29 is 5.11 Å². The first-order chi connectivity index (χ1) is 12.3. The van der Waals surface area contributed by atoms with Gasteiger partial charge in [-0.3, -0.25) is 0 Å². The highest BCUT2D eigenvalue weighted by Gasteiger charge is 2.14. The van der Waals surface area contributed by atoms with Gasteiger partial charge in [0.15, 0.2) is 0 Å². The molecule has 3 heteroatoms. The summed E-state index contributed by atoms with van der Waals surface area (Å²) in [7, 11) is -0.446. The number of rotatable bonds is 3. The van der Waals surface area contributed by atoms with E-state index >= 15 is 0 Å². The van der Waals surface area contributed by atoms with E-state index in [4.69, 9.17) is 5.11 Å². The fraction of sp³-hybridized carbons (Fsp3) is 0. The zero-order valence-corrected chi connectivity index (χ0v) is 14.7. The molecule has 0 radical (unpaired) electrons. The summed E-state index contributed by atoms with van der Waals surface area (Å²) in [5, 5.41) is 12.6. The Balaban J connectivity index is 0.000000258. The largest absolute Gasteiger partial charge is 0.506 e. The van der Waals surface area contributed by atoms with Crippen LogP contribution in [0.2, 0.25) is 0 Å². The standard InChI is InChI=1S/C18H15P.C4H5NO/c1-4-10-16(11-5-1)19(17-12-6-2-7-13-17)18-14-8-3-9-15-18;6-4-1-2-5-3-4/h1-15H;1-3,5-6H. The Hall–Kier alpha value is -2.83. The lowest BCUT2D eigenvalue weighted by atomic mass is 10.4. The molecule has 2 nitrogen and oxygen atoms in total. The van der Waals surface area contributed by atoms with Gasteiger partial charge in [-0.1, -0.05) is 91.0 Å². The molecule has 0 amide bonds. The molecule has 124 valence electrons. The minimum atomic E-state index is -0.446. The summed E-state index contributed by atoms with van der Waals surface area (Å²) < 4.78 is 0. The summed E-state index contributed by atoms with van der Waals surface area (Å²) in [6, 6.07) is 33.9. The SMILES string of the molecule is Oc1cc[nH]c1.c1ccc(P(c2ccccc2)c2ccccc2)cc1. The maximum absolute atomic E-state index is 8.44. The molecule has 0 aliphatic rings. The van der Waals surface area contributed by atoms with Gasteiger partial charge in [-0.15, -0.1) is 0 Å². The summed E-state index contributed by atoms with van der Waals surface area (Å²) in [5.41, 5.74) is 0. The Morgan fingerprint density at radius 1 is 0.560 bits per heavy atom. The van der Waals surface area contributed by atoms with Crippen LogP contribution < -0.4 is 15.9 Å². The van der Waals surface area contributed by atoms with Gasteiger partial charge in [-0.05, 0) is 29.9 Å². The van der Waals surface area contributed by atoms with Crippen molar-refractivity contribution in [2.45, 2.75) is 0 Å². The molecule has 0 bridgehead atoms.